The van der Waals surface area contributed by atoms with Gasteiger partial charge in [0.1, 0.15) is 10.1 Å². The summed E-state index contributed by atoms with van der Waals surface area (Å²) in [7, 11) is -4.44. The summed E-state index contributed by atoms with van der Waals surface area (Å²) >= 11 is 0. The summed E-state index contributed by atoms with van der Waals surface area (Å²) in [4.78, 5) is -0.106. The third kappa shape index (κ3) is 4.38. The molecule has 2 aromatic rings. The molecule has 0 bridgehead atoms. The minimum atomic E-state index is -4.44. The Morgan fingerprint density at radius 3 is 2.05 bits per heavy atom. The van der Waals surface area contributed by atoms with Crippen molar-refractivity contribution in [2.45, 2.75) is 44.4 Å². The number of hydrogen-bond donors (Lipinski definition) is 0. The molecule has 0 aliphatic rings. The van der Waals surface area contributed by atoms with E-state index < -0.39 is 10.1 Å². The second-order valence-corrected chi connectivity index (χ2v) is 6.36. The molecule has 108 valence electrons. The first-order chi connectivity index (χ1) is 9.49. The van der Waals surface area contributed by atoms with Gasteiger partial charge in [-0.1, -0.05) is 51.0 Å². The van der Waals surface area contributed by atoms with Crippen LogP contribution in [0.1, 0.15) is 37.8 Å². The third-order valence-corrected chi connectivity index (χ3v) is 4.38. The molecule has 0 atom stereocenters. The molecule has 2 rings (SSSR count). The average Bonchev–Trinajstić information content (AvgIpc) is 2.38. The normalized spacial score (nSPS) is 11.4. The van der Waals surface area contributed by atoms with Gasteiger partial charge in [-0.2, -0.15) is 0 Å². The van der Waals surface area contributed by atoms with Crippen LogP contribution in [0.4, 0.5) is 0 Å². The Balaban J connectivity index is 0.00000220. The average molecular weight is 330 g/mol. The first kappa shape index (κ1) is 19.3. The SMILES string of the molecule is CCCc1cccc2c(S(=O)(=O)[O-])ccc(CCC)c12.[K+]. The summed E-state index contributed by atoms with van der Waals surface area (Å²) in [5.41, 5.74) is 2.25. The second kappa shape index (κ2) is 8.20. The van der Waals surface area contributed by atoms with Crippen LogP contribution >= 0.6 is 0 Å². The number of aryl methyl sites for hydroxylation is 2. The summed E-state index contributed by atoms with van der Waals surface area (Å²) in [6, 6.07) is 8.82. The van der Waals surface area contributed by atoms with Crippen LogP contribution in [-0.4, -0.2) is 13.0 Å². The van der Waals surface area contributed by atoms with Gasteiger partial charge in [0, 0.05) is 0 Å². The van der Waals surface area contributed by atoms with Crippen LogP contribution in [0.2, 0.25) is 0 Å². The largest absolute Gasteiger partial charge is 1.00 e. The van der Waals surface area contributed by atoms with Crippen molar-refractivity contribution in [2.75, 3.05) is 0 Å². The molecule has 3 nitrogen and oxygen atoms in total. The zero-order valence-electron chi connectivity index (χ0n) is 12.8. The topological polar surface area (TPSA) is 57.2 Å². The number of benzene rings is 2. The maximum absolute atomic E-state index is 11.4. The van der Waals surface area contributed by atoms with Crippen molar-refractivity contribution in [3.05, 3.63) is 41.5 Å². The number of fused-ring (bicyclic) bond motifs is 1. The Morgan fingerprint density at radius 1 is 0.952 bits per heavy atom. The maximum atomic E-state index is 11.4. The second-order valence-electron chi connectivity index (χ2n) is 5.02. The molecule has 0 fully saturated rings. The van der Waals surface area contributed by atoms with Gasteiger partial charge >= 0.3 is 51.4 Å². The van der Waals surface area contributed by atoms with E-state index in [0.29, 0.717) is 5.39 Å². The van der Waals surface area contributed by atoms with Gasteiger partial charge in [-0.3, -0.25) is 0 Å². The Labute approximate surface area is 169 Å². The van der Waals surface area contributed by atoms with Crippen molar-refractivity contribution in [2.24, 2.45) is 0 Å². The minimum absolute atomic E-state index is 0. The van der Waals surface area contributed by atoms with Crippen LogP contribution in [0, 0.1) is 0 Å². The molecule has 2 aromatic carbocycles. The monoisotopic (exact) mass is 330 g/mol. The molecule has 0 aliphatic heterocycles. The molecule has 0 aromatic heterocycles. The Kier molecular flexibility index (Phi) is 7.53. The van der Waals surface area contributed by atoms with E-state index in [9.17, 15) is 13.0 Å². The third-order valence-electron chi connectivity index (χ3n) is 3.48. The maximum Gasteiger partial charge on any atom is 1.00 e. The van der Waals surface area contributed by atoms with Crippen LogP contribution in [-0.2, 0) is 23.0 Å². The molecule has 0 saturated heterocycles. The van der Waals surface area contributed by atoms with Crippen molar-refractivity contribution >= 4 is 20.9 Å². The van der Waals surface area contributed by atoms with Crippen molar-refractivity contribution in [3.8, 4) is 0 Å². The van der Waals surface area contributed by atoms with Crippen molar-refractivity contribution in [1.29, 1.82) is 0 Å². The first-order valence-corrected chi connectivity index (χ1v) is 8.39. The van der Waals surface area contributed by atoms with Gasteiger partial charge in [0.25, 0.3) is 0 Å². The standard InChI is InChI=1S/C16H20O3S.K/c1-3-6-12-8-5-9-14-15(20(17,18)19)11-10-13(7-4-2)16(12)14;/h5,8-11H,3-4,6-7H2,1-2H3,(H,17,18,19);/q;+1/p-1. The Bertz CT molecular complexity index is 711. The van der Waals surface area contributed by atoms with Gasteiger partial charge in [-0.05, 0) is 40.8 Å². The fraction of sp³-hybridized carbons (Fsp3) is 0.375. The van der Waals surface area contributed by atoms with Gasteiger partial charge in [-0.25, -0.2) is 8.42 Å². The van der Waals surface area contributed by atoms with Gasteiger partial charge in [0.2, 0.25) is 0 Å². The minimum Gasteiger partial charge on any atom is -0.744 e. The Morgan fingerprint density at radius 2 is 1.52 bits per heavy atom. The molecule has 0 unspecified atom stereocenters. The van der Waals surface area contributed by atoms with Crippen LogP contribution in [0.15, 0.2) is 35.2 Å². The Hall–Kier alpha value is 0.246. The van der Waals surface area contributed by atoms with E-state index in [1.54, 1.807) is 12.1 Å². The zero-order valence-corrected chi connectivity index (χ0v) is 16.8. The molecule has 0 aliphatic carbocycles. The molecule has 21 heavy (non-hydrogen) atoms. The van der Waals surface area contributed by atoms with Gasteiger partial charge in [0.05, 0.1) is 4.90 Å². The summed E-state index contributed by atoms with van der Waals surface area (Å²) in [6.07, 6.45) is 3.74. The smallest absolute Gasteiger partial charge is 0.744 e. The van der Waals surface area contributed by atoms with Crippen molar-refractivity contribution in [3.63, 3.8) is 0 Å². The fourth-order valence-electron chi connectivity index (χ4n) is 2.71. The summed E-state index contributed by atoms with van der Waals surface area (Å²) in [5, 5.41) is 1.52. The van der Waals surface area contributed by atoms with Gasteiger partial charge < -0.3 is 4.55 Å². The van der Waals surface area contributed by atoms with E-state index >= 15 is 0 Å². The predicted molar refractivity (Wildman–Crippen MR) is 79.9 cm³/mol. The predicted octanol–water partition coefficient (Wildman–Crippen LogP) is 0.653. The fourth-order valence-corrected chi connectivity index (χ4v) is 3.38. The van der Waals surface area contributed by atoms with E-state index in [1.165, 1.54) is 6.07 Å². The molecule has 0 spiro atoms. The van der Waals surface area contributed by atoms with E-state index in [4.69, 9.17) is 0 Å². The molecular formula is C16H19KO3S. The van der Waals surface area contributed by atoms with Gasteiger partial charge in [0.15, 0.2) is 0 Å². The molecule has 0 saturated carbocycles. The molecule has 0 radical (unpaired) electrons. The van der Waals surface area contributed by atoms with Crippen molar-refractivity contribution < 1.29 is 64.4 Å². The van der Waals surface area contributed by atoms with E-state index in [2.05, 4.69) is 13.8 Å². The summed E-state index contributed by atoms with van der Waals surface area (Å²) in [5.74, 6) is 0. The van der Waals surface area contributed by atoms with Crippen LogP contribution < -0.4 is 51.4 Å². The van der Waals surface area contributed by atoms with Gasteiger partial charge in [-0.15, -0.1) is 0 Å². The van der Waals surface area contributed by atoms with Crippen LogP contribution in [0.3, 0.4) is 0 Å². The van der Waals surface area contributed by atoms with E-state index in [1.807, 2.05) is 12.1 Å². The van der Waals surface area contributed by atoms with Crippen LogP contribution in [0.25, 0.3) is 10.8 Å². The quantitative estimate of drug-likeness (QED) is 0.597. The molecular weight excluding hydrogens is 311 g/mol. The summed E-state index contributed by atoms with van der Waals surface area (Å²) < 4.78 is 34.3. The van der Waals surface area contributed by atoms with E-state index in [0.717, 1.165) is 42.2 Å². The molecule has 0 N–H and O–H groups in total. The number of rotatable bonds is 5. The zero-order chi connectivity index (χ0) is 14.8. The number of hydrogen-bond acceptors (Lipinski definition) is 3. The molecule has 0 amide bonds. The van der Waals surface area contributed by atoms with Crippen LogP contribution in [0.5, 0.6) is 0 Å². The van der Waals surface area contributed by atoms with Crippen molar-refractivity contribution in [1.82, 2.24) is 0 Å². The summed E-state index contributed by atoms with van der Waals surface area (Å²) in [6.45, 7) is 4.18. The molecule has 0 heterocycles. The van der Waals surface area contributed by atoms with E-state index in [-0.39, 0.29) is 56.3 Å². The molecule has 5 heteroatoms. The first-order valence-electron chi connectivity index (χ1n) is 6.98.